The van der Waals surface area contributed by atoms with Crippen LogP contribution in [0.15, 0.2) is 48.8 Å². The maximum absolute atomic E-state index is 14.3. The molecule has 1 saturated carbocycles. The number of likely N-dealkylation sites (tertiary alicyclic amines) is 1. The van der Waals surface area contributed by atoms with Crippen LogP contribution in [0.2, 0.25) is 0 Å². The Morgan fingerprint density at radius 3 is 2.62 bits per heavy atom. The number of aromatic nitrogens is 1. The molecule has 5 fully saturated rings. The first kappa shape index (κ1) is 30.9. The topological polar surface area (TPSA) is 143 Å². The zero-order valence-corrected chi connectivity index (χ0v) is 27.0. The number of hydrogen-bond acceptors (Lipinski definition) is 7. The molecule has 47 heavy (non-hydrogen) atoms. The van der Waals surface area contributed by atoms with Gasteiger partial charge in [0, 0.05) is 35.6 Å². The predicted octanol–water partition coefficient (Wildman–Crippen LogP) is 3.90. The molecule has 0 bridgehead atoms. The molecule has 248 valence electrons. The molecule has 6 heterocycles. The van der Waals surface area contributed by atoms with Crippen molar-refractivity contribution >= 4 is 52.4 Å². The Hall–Kier alpha value is -3.45. The van der Waals surface area contributed by atoms with E-state index in [2.05, 4.69) is 15.2 Å². The first-order valence-corrected chi connectivity index (χ1v) is 18.4. The average molecular weight is 686 g/mol. The number of nitrogens with one attached hydrogen (secondary N) is 1. The summed E-state index contributed by atoms with van der Waals surface area (Å²) in [6, 6.07) is 7.39. The first-order valence-electron chi connectivity index (χ1n) is 16.0. The third-order valence-electron chi connectivity index (χ3n) is 10.8. The summed E-state index contributed by atoms with van der Waals surface area (Å²) in [5.41, 5.74) is -4.17. The molecule has 3 N–H and O–H groups in total. The van der Waals surface area contributed by atoms with Gasteiger partial charge in [-0.1, -0.05) is 6.07 Å². The molecule has 7 atom stereocenters. The highest BCUT2D eigenvalue weighted by Gasteiger charge is 2.55. The Morgan fingerprint density at radius 2 is 1.85 bits per heavy atom. The molecule has 2 unspecified atom stereocenters. The van der Waals surface area contributed by atoms with E-state index in [1.165, 1.54) is 12.1 Å². The molecule has 5 aliphatic rings. The molecule has 1 aromatic carbocycles. The van der Waals surface area contributed by atoms with Crippen molar-refractivity contribution in [3.63, 3.8) is 0 Å². The number of halogens is 2. The molecule has 0 radical (unpaired) electrons. The van der Waals surface area contributed by atoms with Crippen LogP contribution >= 0.6 is 18.9 Å². The van der Waals surface area contributed by atoms with E-state index < -0.39 is 36.8 Å². The summed E-state index contributed by atoms with van der Waals surface area (Å²) in [4.78, 5) is 70.5. The molecule has 2 aromatic heterocycles. The Balaban J connectivity index is 0.995. The van der Waals surface area contributed by atoms with Crippen LogP contribution in [0.25, 0.3) is 10.1 Å². The van der Waals surface area contributed by atoms with Gasteiger partial charge >= 0.3 is 13.3 Å². The Labute approximate surface area is 273 Å². The summed E-state index contributed by atoms with van der Waals surface area (Å²) in [7, 11) is -5.75. The fourth-order valence-electron chi connectivity index (χ4n) is 8.28. The van der Waals surface area contributed by atoms with Gasteiger partial charge in [0.2, 0.25) is 11.8 Å². The molecule has 1 aliphatic carbocycles. The summed E-state index contributed by atoms with van der Waals surface area (Å²) >= 11 is 1.05. The summed E-state index contributed by atoms with van der Waals surface area (Å²) < 4.78 is 40.5. The number of pyridine rings is 1. The van der Waals surface area contributed by atoms with Gasteiger partial charge in [0.1, 0.15) is 12.1 Å². The third kappa shape index (κ3) is 5.15. The molecule has 0 spiro atoms. The molecule has 4 saturated heterocycles. The second kappa shape index (κ2) is 11.0. The van der Waals surface area contributed by atoms with Gasteiger partial charge < -0.3 is 29.8 Å². The van der Waals surface area contributed by atoms with E-state index in [0.29, 0.717) is 35.9 Å². The van der Waals surface area contributed by atoms with Crippen molar-refractivity contribution in [2.24, 2.45) is 11.8 Å². The fourth-order valence-corrected chi connectivity index (χ4v) is 9.70. The van der Waals surface area contributed by atoms with Gasteiger partial charge in [-0.3, -0.25) is 23.9 Å². The van der Waals surface area contributed by atoms with E-state index in [1.54, 1.807) is 11.1 Å². The van der Waals surface area contributed by atoms with Gasteiger partial charge in [0.15, 0.2) is 0 Å². The van der Waals surface area contributed by atoms with E-state index in [4.69, 9.17) is 9.79 Å². The van der Waals surface area contributed by atoms with Gasteiger partial charge in [0.05, 0.1) is 28.8 Å². The molecule has 4 aliphatic heterocycles. The SMILES string of the molecule is O=C(N[C@H]1C[C@@H]2C[C@@H]2C[C@H]2CC[C@@H](C(=O)N3CCC4C3CN4c3cccnc3)N2C1=O)c1cc2cc(C(F)(F)P(=O)(O)O)ccc2s1. The highest BCUT2D eigenvalue weighted by molar-refractivity contribution is 7.52. The number of nitrogens with zero attached hydrogens (tertiary/aromatic N) is 4. The molecule has 3 aromatic rings. The monoisotopic (exact) mass is 685 g/mol. The van der Waals surface area contributed by atoms with Crippen LogP contribution in [0.4, 0.5) is 14.5 Å². The minimum absolute atomic E-state index is 0.0235. The van der Waals surface area contributed by atoms with E-state index in [-0.39, 0.29) is 40.2 Å². The van der Waals surface area contributed by atoms with Crippen LogP contribution in [0.5, 0.6) is 0 Å². The average Bonchev–Trinajstić information content (AvgIpc) is 3.32. The number of amides is 3. The minimum atomic E-state index is -5.75. The molecule has 8 rings (SSSR count). The number of rotatable bonds is 6. The molecule has 11 nitrogen and oxygen atoms in total. The molecular formula is C32H34F2N5O6PS. The van der Waals surface area contributed by atoms with Gasteiger partial charge in [-0.2, -0.15) is 8.78 Å². The van der Waals surface area contributed by atoms with E-state index >= 15 is 0 Å². The highest BCUT2D eigenvalue weighted by atomic mass is 32.1. The fraction of sp³-hybridized carbons (Fsp3) is 0.500. The van der Waals surface area contributed by atoms with Crippen molar-refractivity contribution in [3.05, 3.63) is 59.2 Å². The van der Waals surface area contributed by atoms with Crippen LogP contribution in [-0.4, -0.2) is 85.6 Å². The number of anilines is 1. The number of alkyl halides is 2. The largest absolute Gasteiger partial charge is 0.399 e. The lowest BCUT2D eigenvalue weighted by atomic mass is 9.96. The molecule has 15 heteroatoms. The second-order valence-electron chi connectivity index (χ2n) is 13.5. The normalized spacial score (nSPS) is 30.3. The van der Waals surface area contributed by atoms with Crippen LogP contribution in [-0.2, 0) is 19.8 Å². The number of carbonyl (C=O) groups is 3. The summed E-state index contributed by atoms with van der Waals surface area (Å²) in [6.07, 6.45) is 8.06. The summed E-state index contributed by atoms with van der Waals surface area (Å²) in [6.45, 7) is 1.36. The number of thiophene rings is 1. The maximum Gasteiger partial charge on any atom is 0.399 e. The number of benzene rings is 1. The summed E-state index contributed by atoms with van der Waals surface area (Å²) in [5.74, 6) is -0.0521. The number of carbonyl (C=O) groups excluding carboxylic acids is 3. The standard InChI is InChI=1S/C32H34F2N5O6PS/c33-32(34,46(43,44)45)20-3-6-27-19(11-20)14-28(47-27)29(40)36-23-13-18-10-17(18)12-21-4-5-25(39(21)30(23)41)31(42)37-9-7-24-26(37)16-38(24)22-2-1-8-35-15-22/h1-3,6,8,11,14-15,17-18,21,23-26H,4-5,7,9-10,12-13,16H2,(H,36,40)(H2,43,44,45)/t17-,18+,21-,23+,24?,25+,26?/m1/s1. The van der Waals surface area contributed by atoms with Crippen LogP contribution in [0.3, 0.4) is 0 Å². The quantitative estimate of drug-likeness (QED) is 0.332. The van der Waals surface area contributed by atoms with Gasteiger partial charge in [-0.15, -0.1) is 11.3 Å². The third-order valence-corrected chi connectivity index (χ3v) is 12.9. The lowest BCUT2D eigenvalue weighted by Gasteiger charge is -2.48. The smallest absolute Gasteiger partial charge is 0.363 e. The van der Waals surface area contributed by atoms with Crippen molar-refractivity contribution < 1.29 is 37.5 Å². The van der Waals surface area contributed by atoms with Crippen LogP contribution in [0, 0.1) is 11.8 Å². The second-order valence-corrected chi connectivity index (χ2v) is 16.2. The van der Waals surface area contributed by atoms with Gasteiger partial charge in [0.25, 0.3) is 5.91 Å². The Kier molecular flexibility index (Phi) is 7.25. The minimum Gasteiger partial charge on any atom is -0.363 e. The number of hydrogen-bond donors (Lipinski definition) is 3. The van der Waals surface area contributed by atoms with E-state index in [0.717, 1.165) is 61.4 Å². The maximum atomic E-state index is 14.3. The molecular weight excluding hydrogens is 651 g/mol. The van der Waals surface area contributed by atoms with E-state index in [9.17, 15) is 27.7 Å². The highest BCUT2D eigenvalue weighted by Crippen LogP contribution is 2.59. The van der Waals surface area contributed by atoms with Crippen molar-refractivity contribution in [1.29, 1.82) is 0 Å². The van der Waals surface area contributed by atoms with Crippen LogP contribution in [0.1, 0.15) is 53.8 Å². The predicted molar refractivity (Wildman–Crippen MR) is 169 cm³/mol. The lowest BCUT2D eigenvalue weighted by Crippen LogP contribution is -2.65. The zero-order chi connectivity index (χ0) is 32.8. The Bertz CT molecular complexity index is 1820. The summed E-state index contributed by atoms with van der Waals surface area (Å²) in [5, 5.41) is 3.14. The van der Waals surface area contributed by atoms with Gasteiger partial charge in [-0.25, -0.2) is 0 Å². The Morgan fingerprint density at radius 1 is 1.04 bits per heavy atom. The van der Waals surface area contributed by atoms with Crippen molar-refractivity contribution in [1.82, 2.24) is 20.1 Å². The van der Waals surface area contributed by atoms with Crippen LogP contribution < -0.4 is 10.2 Å². The van der Waals surface area contributed by atoms with Crippen molar-refractivity contribution in [3.8, 4) is 0 Å². The first-order chi connectivity index (χ1) is 22.4. The lowest BCUT2D eigenvalue weighted by molar-refractivity contribution is -0.148. The van der Waals surface area contributed by atoms with Gasteiger partial charge in [-0.05, 0) is 86.1 Å². The van der Waals surface area contributed by atoms with E-state index in [1.807, 2.05) is 23.2 Å². The number of fused-ring (bicyclic) bond motifs is 4. The van der Waals surface area contributed by atoms with Crippen molar-refractivity contribution in [2.75, 3.05) is 18.0 Å². The molecule has 3 amide bonds. The van der Waals surface area contributed by atoms with Crippen molar-refractivity contribution in [2.45, 2.75) is 74.4 Å². The zero-order valence-electron chi connectivity index (χ0n) is 25.2.